The van der Waals surface area contributed by atoms with E-state index in [-0.39, 0.29) is 6.10 Å². The van der Waals surface area contributed by atoms with Crippen LogP contribution in [0.5, 0.6) is 0 Å². The fraction of sp³-hybridized carbons (Fsp3) is 0.500. The van der Waals surface area contributed by atoms with E-state index in [0.29, 0.717) is 6.42 Å². The Labute approximate surface area is 97.0 Å². The number of hydrogen-bond donors (Lipinski definition) is 1. The van der Waals surface area contributed by atoms with Gasteiger partial charge in [0, 0.05) is 18.8 Å². The minimum absolute atomic E-state index is 0.305. The van der Waals surface area contributed by atoms with Crippen molar-refractivity contribution in [3.8, 4) is 0 Å². The van der Waals surface area contributed by atoms with Gasteiger partial charge in [-0.2, -0.15) is 0 Å². The summed E-state index contributed by atoms with van der Waals surface area (Å²) in [5.74, 6) is 0. The number of aliphatic hydroxyl groups is 1. The van der Waals surface area contributed by atoms with Crippen LogP contribution in [0.2, 0.25) is 0 Å². The first-order valence-corrected chi connectivity index (χ1v) is 6.12. The van der Waals surface area contributed by atoms with Gasteiger partial charge in [-0.3, -0.25) is 4.98 Å². The maximum atomic E-state index is 10.2. The predicted octanol–water partition coefficient (Wildman–Crippen LogP) is 2.88. The lowest BCUT2D eigenvalue weighted by atomic mass is 9.99. The number of rotatable bonds is 3. The fourth-order valence-corrected chi connectivity index (χ4v) is 2.22. The summed E-state index contributed by atoms with van der Waals surface area (Å²) in [6.07, 6.45) is 12.2. The highest BCUT2D eigenvalue weighted by molar-refractivity contribution is 5.17. The summed E-state index contributed by atoms with van der Waals surface area (Å²) in [5.41, 5.74) is 2.39. The van der Waals surface area contributed by atoms with Gasteiger partial charge < -0.3 is 5.11 Å². The van der Waals surface area contributed by atoms with Crippen molar-refractivity contribution in [1.29, 1.82) is 0 Å². The Morgan fingerprint density at radius 2 is 2.00 bits per heavy atom. The highest BCUT2D eigenvalue weighted by Crippen LogP contribution is 2.21. The average molecular weight is 217 g/mol. The maximum Gasteiger partial charge on any atom is 0.0790 e. The molecule has 0 aromatic carbocycles. The van der Waals surface area contributed by atoms with Crippen LogP contribution < -0.4 is 0 Å². The molecule has 2 heteroatoms. The van der Waals surface area contributed by atoms with Gasteiger partial charge in [-0.15, -0.1) is 0 Å². The number of allylic oxidation sites excluding steroid dienone is 1. The summed E-state index contributed by atoms with van der Waals surface area (Å²) in [7, 11) is 0. The SMILES string of the molecule is OC(Cc1ccncc1)C1=CCCCCC1. The van der Waals surface area contributed by atoms with Crippen molar-refractivity contribution in [3.05, 3.63) is 41.7 Å². The highest BCUT2D eigenvalue weighted by atomic mass is 16.3. The second-order valence-corrected chi connectivity index (χ2v) is 4.45. The summed E-state index contributed by atoms with van der Waals surface area (Å²) in [6, 6.07) is 3.95. The van der Waals surface area contributed by atoms with E-state index in [1.807, 2.05) is 12.1 Å². The Balaban J connectivity index is 1.97. The zero-order valence-corrected chi connectivity index (χ0v) is 9.60. The number of aromatic nitrogens is 1. The molecule has 86 valence electrons. The lowest BCUT2D eigenvalue weighted by molar-refractivity contribution is 0.206. The fourth-order valence-electron chi connectivity index (χ4n) is 2.22. The van der Waals surface area contributed by atoms with Crippen LogP contribution in [0.4, 0.5) is 0 Å². The van der Waals surface area contributed by atoms with Crippen LogP contribution in [-0.4, -0.2) is 16.2 Å². The molecule has 0 saturated carbocycles. The topological polar surface area (TPSA) is 33.1 Å². The van der Waals surface area contributed by atoms with Gasteiger partial charge in [0.05, 0.1) is 6.10 Å². The van der Waals surface area contributed by atoms with Crippen LogP contribution in [0.1, 0.15) is 37.7 Å². The van der Waals surface area contributed by atoms with Gasteiger partial charge in [-0.05, 0) is 49.0 Å². The lowest BCUT2D eigenvalue weighted by Gasteiger charge is -2.14. The van der Waals surface area contributed by atoms with Gasteiger partial charge in [0.25, 0.3) is 0 Å². The largest absolute Gasteiger partial charge is 0.388 e. The van der Waals surface area contributed by atoms with Crippen molar-refractivity contribution in [1.82, 2.24) is 4.98 Å². The molecule has 0 radical (unpaired) electrons. The number of pyridine rings is 1. The Bertz CT molecular complexity index is 345. The third-order valence-electron chi connectivity index (χ3n) is 3.18. The molecule has 1 aliphatic rings. The van der Waals surface area contributed by atoms with Crippen molar-refractivity contribution >= 4 is 0 Å². The summed E-state index contributed by atoms with van der Waals surface area (Å²) >= 11 is 0. The second-order valence-electron chi connectivity index (χ2n) is 4.45. The molecule has 1 aromatic heterocycles. The molecule has 2 nitrogen and oxygen atoms in total. The van der Waals surface area contributed by atoms with E-state index in [9.17, 15) is 5.11 Å². The number of hydrogen-bond acceptors (Lipinski definition) is 2. The van der Waals surface area contributed by atoms with E-state index in [0.717, 1.165) is 18.4 Å². The summed E-state index contributed by atoms with van der Waals surface area (Å²) < 4.78 is 0. The van der Waals surface area contributed by atoms with E-state index in [2.05, 4.69) is 11.1 Å². The van der Waals surface area contributed by atoms with Gasteiger partial charge >= 0.3 is 0 Å². The van der Waals surface area contributed by atoms with Gasteiger partial charge in [-0.1, -0.05) is 12.5 Å². The van der Waals surface area contributed by atoms with Crippen LogP contribution in [0.25, 0.3) is 0 Å². The van der Waals surface area contributed by atoms with Crippen molar-refractivity contribution in [3.63, 3.8) is 0 Å². The molecule has 0 spiro atoms. The molecule has 16 heavy (non-hydrogen) atoms. The lowest BCUT2D eigenvalue weighted by Crippen LogP contribution is -2.13. The first-order valence-electron chi connectivity index (χ1n) is 6.12. The number of nitrogens with zero attached hydrogens (tertiary/aromatic N) is 1. The van der Waals surface area contributed by atoms with Gasteiger partial charge in [0.2, 0.25) is 0 Å². The van der Waals surface area contributed by atoms with Gasteiger partial charge in [0.15, 0.2) is 0 Å². The predicted molar refractivity (Wildman–Crippen MR) is 65.1 cm³/mol. The Morgan fingerprint density at radius 3 is 2.81 bits per heavy atom. The minimum atomic E-state index is -0.305. The molecule has 1 N–H and O–H groups in total. The Morgan fingerprint density at radius 1 is 1.19 bits per heavy atom. The minimum Gasteiger partial charge on any atom is -0.388 e. The summed E-state index contributed by atoms with van der Waals surface area (Å²) in [5, 5.41) is 10.2. The molecule has 0 fully saturated rings. The normalized spacial score (nSPS) is 18.7. The van der Waals surface area contributed by atoms with Crippen LogP contribution in [0.3, 0.4) is 0 Å². The molecule has 1 aromatic rings. The first-order chi connectivity index (χ1) is 7.86. The second kappa shape index (κ2) is 5.80. The monoisotopic (exact) mass is 217 g/mol. The van der Waals surface area contributed by atoms with E-state index in [1.54, 1.807) is 12.4 Å². The standard InChI is InChI=1S/C14H19NO/c16-14(11-12-7-9-15-10-8-12)13-5-3-1-2-4-6-13/h5,7-10,14,16H,1-4,6,11H2. The van der Waals surface area contributed by atoms with Crippen LogP contribution >= 0.6 is 0 Å². The first kappa shape index (κ1) is 11.3. The zero-order chi connectivity index (χ0) is 11.2. The Hall–Kier alpha value is -1.15. The van der Waals surface area contributed by atoms with Crippen LogP contribution in [-0.2, 0) is 6.42 Å². The summed E-state index contributed by atoms with van der Waals surface area (Å²) in [6.45, 7) is 0. The van der Waals surface area contributed by atoms with Crippen molar-refractivity contribution in [2.24, 2.45) is 0 Å². The van der Waals surface area contributed by atoms with E-state index in [4.69, 9.17) is 0 Å². The maximum absolute atomic E-state index is 10.2. The molecular weight excluding hydrogens is 198 g/mol. The molecule has 0 aliphatic heterocycles. The van der Waals surface area contributed by atoms with Crippen LogP contribution in [0, 0.1) is 0 Å². The van der Waals surface area contributed by atoms with Crippen molar-refractivity contribution in [2.45, 2.75) is 44.6 Å². The van der Waals surface area contributed by atoms with Crippen molar-refractivity contribution < 1.29 is 5.11 Å². The zero-order valence-electron chi connectivity index (χ0n) is 9.60. The Kier molecular flexibility index (Phi) is 4.11. The third kappa shape index (κ3) is 3.17. The van der Waals surface area contributed by atoms with Crippen LogP contribution in [0.15, 0.2) is 36.2 Å². The highest BCUT2D eigenvalue weighted by Gasteiger charge is 2.12. The third-order valence-corrected chi connectivity index (χ3v) is 3.18. The molecule has 1 atom stereocenters. The van der Waals surface area contributed by atoms with Gasteiger partial charge in [0.1, 0.15) is 0 Å². The van der Waals surface area contributed by atoms with Crippen molar-refractivity contribution in [2.75, 3.05) is 0 Å². The molecule has 1 heterocycles. The molecule has 0 saturated heterocycles. The number of aliphatic hydroxyl groups excluding tert-OH is 1. The molecule has 0 amide bonds. The molecule has 1 unspecified atom stereocenters. The van der Waals surface area contributed by atoms with Gasteiger partial charge in [-0.25, -0.2) is 0 Å². The molecule has 1 aliphatic carbocycles. The molecule has 2 rings (SSSR count). The molecular formula is C14H19NO. The quantitative estimate of drug-likeness (QED) is 0.790. The summed E-state index contributed by atoms with van der Waals surface area (Å²) in [4.78, 5) is 3.98. The average Bonchev–Trinajstić information content (AvgIpc) is 2.59. The smallest absolute Gasteiger partial charge is 0.0790 e. The molecule has 0 bridgehead atoms. The van der Waals surface area contributed by atoms with E-state index < -0.39 is 0 Å². The van der Waals surface area contributed by atoms with E-state index in [1.165, 1.54) is 24.8 Å². The van der Waals surface area contributed by atoms with E-state index >= 15 is 0 Å².